The molecule has 7 heterocycles. The van der Waals surface area contributed by atoms with Crippen molar-refractivity contribution in [3.63, 3.8) is 0 Å². The molecular formula is C39H40ClF3N8O2S. The van der Waals surface area contributed by atoms with Crippen molar-refractivity contribution in [2.45, 2.75) is 75.2 Å². The molecular weight excluding hydrogens is 737 g/mol. The molecule has 2 aromatic carbocycles. The molecule has 4 atom stereocenters. The summed E-state index contributed by atoms with van der Waals surface area (Å²) < 4.78 is 53.3. The van der Waals surface area contributed by atoms with Gasteiger partial charge in [0.1, 0.15) is 47.0 Å². The Balaban J connectivity index is 1.00. The number of nitrogen functional groups attached to an aromatic ring is 1. The Morgan fingerprint density at radius 3 is 2.72 bits per heavy atom. The fourth-order valence-corrected chi connectivity index (χ4v) is 11.3. The lowest BCUT2D eigenvalue weighted by molar-refractivity contribution is -0.130. The Morgan fingerprint density at radius 2 is 1.94 bits per heavy atom. The molecule has 4 aromatic rings. The Kier molecular flexibility index (Phi) is 8.04. The number of benzene rings is 2. The number of thiophene rings is 1. The van der Waals surface area contributed by atoms with Crippen LogP contribution in [0.4, 0.5) is 24.0 Å². The van der Waals surface area contributed by atoms with Crippen LogP contribution in [0.2, 0.25) is 5.02 Å². The number of nitrogens with zero attached hydrogens (tertiary/aromatic N) is 6. The number of nitrogens with one attached hydrogen (secondary N) is 1. The Bertz CT molecular complexity index is 2270. The number of alkyl halides is 1. The van der Waals surface area contributed by atoms with Gasteiger partial charge in [0.2, 0.25) is 5.91 Å². The fraction of sp³-hybridized carbons (Fsp3) is 0.538. The predicted molar refractivity (Wildman–Crippen MR) is 201 cm³/mol. The van der Waals surface area contributed by atoms with E-state index < -0.39 is 23.3 Å². The monoisotopic (exact) mass is 776 g/mol. The lowest BCUT2D eigenvalue weighted by Crippen LogP contribution is -2.44. The van der Waals surface area contributed by atoms with Gasteiger partial charge in [-0.1, -0.05) is 17.7 Å². The smallest absolute Gasteiger partial charge is 0.319 e. The van der Waals surface area contributed by atoms with Gasteiger partial charge in [0.25, 0.3) is 0 Å². The molecule has 1 aliphatic carbocycles. The van der Waals surface area contributed by atoms with E-state index in [-0.39, 0.29) is 72.3 Å². The van der Waals surface area contributed by atoms with E-state index in [9.17, 15) is 18.8 Å². The fourth-order valence-electron chi connectivity index (χ4n) is 10.0. The Labute approximate surface area is 319 Å². The predicted octanol–water partition coefficient (Wildman–Crippen LogP) is 6.42. The highest BCUT2D eigenvalue weighted by molar-refractivity contribution is 7.23. The van der Waals surface area contributed by atoms with Crippen molar-refractivity contribution in [2.75, 3.05) is 56.5 Å². The van der Waals surface area contributed by atoms with Crippen molar-refractivity contribution in [1.29, 1.82) is 5.26 Å². The molecule has 54 heavy (non-hydrogen) atoms. The molecule has 0 bridgehead atoms. The second-order valence-corrected chi connectivity index (χ2v) is 17.9. The quantitative estimate of drug-likeness (QED) is 0.204. The number of carbonyl (C=O) groups excluding carboxylic acids is 1. The minimum atomic E-state index is -0.941. The summed E-state index contributed by atoms with van der Waals surface area (Å²) in [6.07, 6.45) is 6.17. The second-order valence-electron chi connectivity index (χ2n) is 16.4. The van der Waals surface area contributed by atoms with E-state index in [1.54, 1.807) is 6.07 Å². The first kappa shape index (κ1) is 34.6. The molecule has 1 amide bonds. The van der Waals surface area contributed by atoms with Gasteiger partial charge in [0, 0.05) is 61.5 Å². The number of hydrogen-bond acceptors (Lipinski definition) is 10. The van der Waals surface area contributed by atoms with E-state index in [0.29, 0.717) is 49.2 Å². The number of piperidine rings is 1. The summed E-state index contributed by atoms with van der Waals surface area (Å²) in [5.74, 6) is 0.0326. The van der Waals surface area contributed by atoms with Gasteiger partial charge >= 0.3 is 6.01 Å². The summed E-state index contributed by atoms with van der Waals surface area (Å²) in [5, 5.41) is 14.1. The average Bonchev–Trinajstić information content (AvgIpc) is 4.01. The standard InChI is InChI=1S/C39H40ClF3N8O2S/c40-25-14-23-31(29(43)28(25)22-4-5-26(42)33-27(22)24(16-44)34(45)54-33)47-37(53-19-39-6-1-10-51(39)17-21(41)15-39)48-35(23)49-11-7-38(8-12-49)9-13-50(18-38)36(52)32-30(46-32)20-2-3-20/h4-5,14,20-21,30,32,46H,1-3,6-13,15,17-19,45H2/t21-,30+,32-,39+/m1/s1. The van der Waals surface area contributed by atoms with Crippen LogP contribution in [0.3, 0.4) is 0 Å². The highest BCUT2D eigenvalue weighted by Gasteiger charge is 2.54. The van der Waals surface area contributed by atoms with E-state index >= 15 is 4.39 Å². The molecule has 2 aromatic heterocycles. The number of rotatable bonds is 7. The maximum absolute atomic E-state index is 17.2. The molecule has 0 unspecified atom stereocenters. The number of hydrogen-bond donors (Lipinski definition) is 2. The van der Waals surface area contributed by atoms with Crippen LogP contribution in [0.25, 0.3) is 32.1 Å². The summed E-state index contributed by atoms with van der Waals surface area (Å²) >= 11 is 7.86. The van der Waals surface area contributed by atoms with Gasteiger partial charge < -0.3 is 20.3 Å². The highest BCUT2D eigenvalue weighted by Crippen LogP contribution is 2.48. The summed E-state index contributed by atoms with van der Waals surface area (Å²) in [6, 6.07) is 6.60. The van der Waals surface area contributed by atoms with Crippen molar-refractivity contribution in [3.05, 3.63) is 40.4 Å². The molecule has 5 saturated heterocycles. The van der Waals surface area contributed by atoms with E-state index in [0.717, 1.165) is 63.1 Å². The summed E-state index contributed by atoms with van der Waals surface area (Å²) in [5.41, 5.74) is 5.88. The minimum Gasteiger partial charge on any atom is -0.461 e. The van der Waals surface area contributed by atoms with Crippen molar-refractivity contribution in [1.82, 2.24) is 25.1 Å². The minimum absolute atomic E-state index is 0.000384. The number of aromatic nitrogens is 2. The second kappa shape index (κ2) is 12.6. The number of nitrogens with two attached hydrogens (primary N) is 1. The zero-order valence-corrected chi connectivity index (χ0v) is 31.2. The van der Waals surface area contributed by atoms with Gasteiger partial charge in [-0.15, -0.1) is 11.3 Å². The van der Waals surface area contributed by atoms with E-state index in [1.165, 1.54) is 25.0 Å². The van der Waals surface area contributed by atoms with E-state index in [2.05, 4.69) is 20.1 Å². The molecule has 1 spiro atoms. The van der Waals surface area contributed by atoms with Crippen molar-refractivity contribution in [2.24, 2.45) is 11.3 Å². The number of likely N-dealkylation sites (tertiary alicyclic amines) is 1. The molecule has 10 nitrogen and oxygen atoms in total. The molecule has 3 N–H and O–H groups in total. The van der Waals surface area contributed by atoms with E-state index in [4.69, 9.17) is 27.1 Å². The van der Waals surface area contributed by atoms with Crippen LogP contribution in [0.1, 0.15) is 56.9 Å². The SMILES string of the molecule is N#Cc1c(N)sc2c(F)ccc(-c3c(Cl)cc4c(N5CCC6(CCN(C(=O)[C@@H]7N[C@H]7C7CC7)C6)CC5)nc(OC[C@@]56CCCN5C[C@H](F)C6)nc4c3F)c12. The van der Waals surface area contributed by atoms with Gasteiger partial charge in [-0.05, 0) is 80.5 Å². The van der Waals surface area contributed by atoms with Crippen LogP contribution < -0.4 is 20.7 Å². The molecule has 15 heteroatoms. The number of ether oxygens (including phenoxy) is 1. The lowest BCUT2D eigenvalue weighted by Gasteiger charge is -2.40. The molecule has 0 radical (unpaired) electrons. The topological polar surface area (TPSA) is 134 Å². The Morgan fingerprint density at radius 1 is 1.15 bits per heavy atom. The van der Waals surface area contributed by atoms with Crippen LogP contribution in [0.15, 0.2) is 18.2 Å². The van der Waals surface area contributed by atoms with Crippen molar-refractivity contribution < 1.29 is 22.7 Å². The third-order valence-corrected chi connectivity index (χ3v) is 14.5. The number of halogens is 4. The first-order valence-corrected chi connectivity index (χ1v) is 20.2. The number of anilines is 2. The van der Waals surface area contributed by atoms with E-state index in [1.807, 2.05) is 11.0 Å². The van der Waals surface area contributed by atoms with Gasteiger partial charge in [-0.2, -0.15) is 15.2 Å². The third kappa shape index (κ3) is 5.51. The van der Waals surface area contributed by atoms with Crippen LogP contribution in [-0.4, -0.2) is 95.3 Å². The van der Waals surface area contributed by atoms with Crippen LogP contribution in [-0.2, 0) is 4.79 Å². The van der Waals surface area contributed by atoms with Gasteiger partial charge in [-0.3, -0.25) is 15.0 Å². The molecule has 10 rings (SSSR count). The summed E-state index contributed by atoms with van der Waals surface area (Å²) in [6.45, 7) is 4.07. The molecule has 282 valence electrons. The third-order valence-electron chi connectivity index (χ3n) is 13.2. The zero-order chi connectivity index (χ0) is 37.1. The van der Waals surface area contributed by atoms with Crippen molar-refractivity contribution in [3.8, 4) is 23.2 Å². The average molecular weight is 777 g/mol. The largest absolute Gasteiger partial charge is 0.461 e. The van der Waals surface area contributed by atoms with Crippen molar-refractivity contribution >= 4 is 60.7 Å². The van der Waals surface area contributed by atoms with Gasteiger partial charge in [-0.25, -0.2) is 13.2 Å². The normalized spacial score (nSPS) is 27.6. The first-order valence-electron chi connectivity index (χ1n) is 19.0. The van der Waals surface area contributed by atoms with Crippen LogP contribution >= 0.6 is 22.9 Å². The summed E-state index contributed by atoms with van der Waals surface area (Å²) in [7, 11) is 0. The summed E-state index contributed by atoms with van der Waals surface area (Å²) in [4.78, 5) is 29.1. The number of fused-ring (bicyclic) bond motifs is 3. The first-order chi connectivity index (χ1) is 26.1. The Hall–Kier alpha value is -3.90. The lowest BCUT2D eigenvalue weighted by atomic mass is 9.77. The highest BCUT2D eigenvalue weighted by atomic mass is 35.5. The molecule has 1 saturated carbocycles. The zero-order valence-electron chi connectivity index (χ0n) is 29.6. The maximum Gasteiger partial charge on any atom is 0.319 e. The maximum atomic E-state index is 17.2. The van der Waals surface area contributed by atoms with Crippen LogP contribution in [0, 0.1) is 34.3 Å². The molecule has 6 fully saturated rings. The number of nitriles is 1. The molecule has 5 aliphatic heterocycles. The van der Waals surface area contributed by atoms with Gasteiger partial charge in [0.15, 0.2) is 5.82 Å². The van der Waals surface area contributed by atoms with Gasteiger partial charge in [0.05, 0.1) is 20.8 Å². The number of amides is 1. The number of carbonyl (C=O) groups is 1. The molecule has 6 aliphatic rings. The van der Waals surface area contributed by atoms with Crippen LogP contribution in [0.5, 0.6) is 6.01 Å².